The lowest BCUT2D eigenvalue weighted by Gasteiger charge is -2.33. The third-order valence-corrected chi connectivity index (χ3v) is 6.90. The Balaban J connectivity index is 1.48. The molecule has 4 atom stereocenters. The van der Waals surface area contributed by atoms with Gasteiger partial charge in [-0.3, -0.25) is 9.69 Å². The Morgan fingerprint density at radius 3 is 3.08 bits per heavy atom. The molecule has 0 aromatic carbocycles. The van der Waals surface area contributed by atoms with Gasteiger partial charge in [0, 0.05) is 37.5 Å². The van der Waals surface area contributed by atoms with E-state index in [0.717, 1.165) is 31.7 Å². The third kappa shape index (κ3) is 2.78. The molecular formula is C17H24N4O2S. The summed E-state index contributed by atoms with van der Waals surface area (Å²) in [6.07, 6.45) is 5.64. The highest BCUT2D eigenvalue weighted by Gasteiger charge is 2.50. The fraction of sp³-hybridized carbons (Fsp3) is 0.647. The highest BCUT2D eigenvalue weighted by molar-refractivity contribution is 8.00. The average molecular weight is 348 g/mol. The molecular weight excluding hydrogens is 324 g/mol. The van der Waals surface area contributed by atoms with Gasteiger partial charge in [0.25, 0.3) is 5.56 Å². The first-order valence-corrected chi connectivity index (χ1v) is 9.56. The molecule has 1 aliphatic carbocycles. The average Bonchev–Trinajstić information content (AvgIpc) is 3.14. The van der Waals surface area contributed by atoms with Crippen LogP contribution in [-0.2, 0) is 11.8 Å². The topological polar surface area (TPSA) is 50.6 Å². The molecule has 0 bridgehead atoms. The summed E-state index contributed by atoms with van der Waals surface area (Å²) < 4.78 is 7.31. The van der Waals surface area contributed by atoms with Gasteiger partial charge >= 0.3 is 0 Å². The van der Waals surface area contributed by atoms with E-state index in [0.29, 0.717) is 29.5 Å². The lowest BCUT2D eigenvalue weighted by molar-refractivity contribution is 0.0311. The summed E-state index contributed by atoms with van der Waals surface area (Å²) in [6, 6.07) is 4.10. The highest BCUT2D eigenvalue weighted by atomic mass is 32.2. The molecule has 1 aromatic rings. The van der Waals surface area contributed by atoms with Crippen molar-refractivity contribution in [2.24, 2.45) is 7.05 Å². The van der Waals surface area contributed by atoms with Crippen molar-refractivity contribution in [3.05, 3.63) is 35.1 Å². The van der Waals surface area contributed by atoms with Crippen molar-refractivity contribution < 1.29 is 4.74 Å². The second-order valence-electron chi connectivity index (χ2n) is 6.71. The first-order valence-electron chi connectivity index (χ1n) is 8.62. The fourth-order valence-corrected chi connectivity index (χ4v) is 5.98. The van der Waals surface area contributed by atoms with Crippen molar-refractivity contribution >= 4 is 17.6 Å². The Hall–Kier alpha value is -1.31. The summed E-state index contributed by atoms with van der Waals surface area (Å²) in [5, 5.41) is 5.06. The van der Waals surface area contributed by atoms with Gasteiger partial charge in [-0.15, -0.1) is 18.3 Å². The van der Waals surface area contributed by atoms with Gasteiger partial charge in [-0.05, 0) is 25.3 Å². The Labute approximate surface area is 146 Å². The molecule has 6 nitrogen and oxygen atoms in total. The van der Waals surface area contributed by atoms with E-state index in [9.17, 15) is 4.79 Å². The molecule has 1 aromatic heterocycles. The Morgan fingerprint density at radius 1 is 1.42 bits per heavy atom. The third-order valence-electron chi connectivity index (χ3n) is 5.27. The summed E-state index contributed by atoms with van der Waals surface area (Å²) in [6.45, 7) is 6.43. The standard InChI is InChI=1S/C17H24N4O2S/c1-3-10-23-12-4-5-13-14(11-12)24-17-20(13)8-9-21(17)15-6-7-16(22)19(2)18-15/h3,6-7,12-14,17H,1,4-5,8-11H2,2H3. The molecule has 0 amide bonds. The van der Waals surface area contributed by atoms with E-state index in [1.165, 1.54) is 11.1 Å². The minimum atomic E-state index is -0.0650. The monoisotopic (exact) mass is 348 g/mol. The van der Waals surface area contributed by atoms with Crippen LogP contribution >= 0.6 is 11.8 Å². The minimum absolute atomic E-state index is 0.0650. The van der Waals surface area contributed by atoms with Crippen molar-refractivity contribution in [1.82, 2.24) is 14.7 Å². The first kappa shape index (κ1) is 16.2. The molecule has 7 heteroatoms. The number of hydrogen-bond donors (Lipinski definition) is 0. The van der Waals surface area contributed by atoms with Gasteiger partial charge < -0.3 is 9.64 Å². The predicted molar refractivity (Wildman–Crippen MR) is 96.3 cm³/mol. The van der Waals surface area contributed by atoms with Gasteiger partial charge in [-0.1, -0.05) is 6.08 Å². The number of hydrogen-bond acceptors (Lipinski definition) is 6. The predicted octanol–water partition coefficient (Wildman–Crippen LogP) is 1.43. The summed E-state index contributed by atoms with van der Waals surface area (Å²) in [4.78, 5) is 16.5. The highest BCUT2D eigenvalue weighted by Crippen LogP contribution is 2.47. The number of anilines is 1. The normalized spacial score (nSPS) is 32.6. The summed E-state index contributed by atoms with van der Waals surface area (Å²) in [5.41, 5.74) is 0.271. The fourth-order valence-electron chi connectivity index (χ4n) is 4.09. The van der Waals surface area contributed by atoms with Crippen LogP contribution in [0, 0.1) is 0 Å². The quantitative estimate of drug-likeness (QED) is 0.767. The minimum Gasteiger partial charge on any atom is -0.374 e. The van der Waals surface area contributed by atoms with Gasteiger partial charge in [0.05, 0.1) is 12.7 Å². The molecule has 4 unspecified atom stereocenters. The Morgan fingerprint density at radius 2 is 2.29 bits per heavy atom. The van der Waals surface area contributed by atoms with Gasteiger partial charge in [0.15, 0.2) is 5.82 Å². The molecule has 0 N–H and O–H groups in total. The summed E-state index contributed by atoms with van der Waals surface area (Å²) in [7, 11) is 1.71. The van der Waals surface area contributed by atoms with E-state index in [4.69, 9.17) is 4.74 Å². The Kier molecular flexibility index (Phi) is 4.40. The maximum absolute atomic E-state index is 11.6. The number of ether oxygens (including phenoxy) is 1. The van der Waals surface area contributed by atoms with E-state index in [2.05, 4.69) is 21.5 Å². The number of fused-ring (bicyclic) bond motifs is 3. The van der Waals surface area contributed by atoms with E-state index in [-0.39, 0.29) is 5.56 Å². The molecule has 3 aliphatic rings. The van der Waals surface area contributed by atoms with E-state index < -0.39 is 0 Å². The SMILES string of the molecule is C=CCOC1CCC2C(C1)SC1N(c3ccc(=O)n(C)n3)CCN21. The second kappa shape index (κ2) is 6.54. The number of thioether (sulfide) groups is 1. The summed E-state index contributed by atoms with van der Waals surface area (Å²) >= 11 is 2.03. The van der Waals surface area contributed by atoms with Crippen LogP contribution in [0.3, 0.4) is 0 Å². The van der Waals surface area contributed by atoms with Gasteiger partial charge in [0.2, 0.25) is 0 Å². The molecule has 3 heterocycles. The first-order chi connectivity index (χ1) is 11.7. The lowest BCUT2D eigenvalue weighted by atomic mass is 9.91. The smallest absolute Gasteiger partial charge is 0.266 e. The van der Waals surface area contributed by atoms with Crippen LogP contribution in [0.1, 0.15) is 19.3 Å². The molecule has 24 heavy (non-hydrogen) atoms. The van der Waals surface area contributed by atoms with Crippen LogP contribution in [0.5, 0.6) is 0 Å². The molecule has 0 spiro atoms. The van der Waals surface area contributed by atoms with Crippen LogP contribution in [0.4, 0.5) is 5.82 Å². The van der Waals surface area contributed by atoms with Gasteiger partial charge in [0.1, 0.15) is 5.50 Å². The largest absolute Gasteiger partial charge is 0.374 e. The van der Waals surface area contributed by atoms with Crippen LogP contribution < -0.4 is 10.5 Å². The number of aromatic nitrogens is 2. The Bertz CT molecular complexity index is 679. The lowest BCUT2D eigenvalue weighted by Crippen LogP contribution is -2.42. The van der Waals surface area contributed by atoms with Crippen molar-refractivity contribution in [3.63, 3.8) is 0 Å². The molecule has 3 fully saturated rings. The zero-order valence-electron chi connectivity index (χ0n) is 14.0. The van der Waals surface area contributed by atoms with Crippen LogP contribution in [0.25, 0.3) is 0 Å². The van der Waals surface area contributed by atoms with E-state index in [1.807, 2.05) is 23.9 Å². The molecule has 1 saturated carbocycles. The molecule has 0 radical (unpaired) electrons. The van der Waals surface area contributed by atoms with Crippen LogP contribution in [0.15, 0.2) is 29.6 Å². The zero-order valence-corrected chi connectivity index (χ0v) is 14.8. The van der Waals surface area contributed by atoms with E-state index >= 15 is 0 Å². The molecule has 2 saturated heterocycles. The van der Waals surface area contributed by atoms with Gasteiger partial charge in [-0.2, -0.15) is 5.10 Å². The molecule has 2 aliphatic heterocycles. The zero-order chi connectivity index (χ0) is 16.7. The maximum atomic E-state index is 11.6. The maximum Gasteiger partial charge on any atom is 0.266 e. The van der Waals surface area contributed by atoms with Crippen LogP contribution in [-0.4, -0.2) is 57.3 Å². The van der Waals surface area contributed by atoms with Crippen molar-refractivity contribution in [3.8, 4) is 0 Å². The van der Waals surface area contributed by atoms with Crippen molar-refractivity contribution in [1.29, 1.82) is 0 Å². The van der Waals surface area contributed by atoms with Crippen molar-refractivity contribution in [2.75, 3.05) is 24.6 Å². The van der Waals surface area contributed by atoms with Crippen LogP contribution in [0.2, 0.25) is 0 Å². The molecule has 4 rings (SSSR count). The molecule has 130 valence electrons. The van der Waals surface area contributed by atoms with Gasteiger partial charge in [-0.25, -0.2) is 4.68 Å². The number of nitrogens with zero attached hydrogens (tertiary/aromatic N) is 4. The van der Waals surface area contributed by atoms with E-state index in [1.54, 1.807) is 13.1 Å². The number of aryl methyl sites for hydroxylation is 1. The van der Waals surface area contributed by atoms with Crippen molar-refractivity contribution in [2.45, 2.75) is 42.2 Å². The number of rotatable bonds is 4. The second-order valence-corrected chi connectivity index (χ2v) is 8.01. The summed E-state index contributed by atoms with van der Waals surface area (Å²) in [5.74, 6) is 0.898.